The highest BCUT2D eigenvalue weighted by atomic mass is 32.2. The normalized spacial score (nSPS) is 25.1. The van der Waals surface area contributed by atoms with E-state index in [1.165, 1.54) is 13.1 Å². The van der Waals surface area contributed by atoms with Crippen molar-refractivity contribution in [1.29, 1.82) is 0 Å². The first-order valence-electron chi connectivity index (χ1n) is 11.8. The third kappa shape index (κ3) is 5.11. The number of ether oxygens (including phenoxy) is 1. The number of hydrogen-bond donors (Lipinski definition) is 1. The molecule has 1 aliphatic carbocycles. The number of sulfone groups is 1. The molecule has 2 N–H and O–H groups in total. The average Bonchev–Trinajstić information content (AvgIpc) is 2.75. The number of carbonyl (C=O) groups excluding carboxylic acids is 2. The van der Waals surface area contributed by atoms with Crippen LogP contribution in [0, 0.1) is 0 Å². The van der Waals surface area contributed by atoms with E-state index in [-0.39, 0.29) is 35.6 Å². The summed E-state index contributed by atoms with van der Waals surface area (Å²) in [5.74, 6) is 0.141. The lowest BCUT2D eigenvalue weighted by atomic mass is 9.96. The second-order valence-electron chi connectivity index (χ2n) is 9.30. The smallest absolute Gasteiger partial charge is 0.414 e. The number of benzene rings is 1. The fourth-order valence-corrected chi connectivity index (χ4v) is 6.28. The van der Waals surface area contributed by atoms with Crippen molar-refractivity contribution in [2.45, 2.75) is 64.1 Å². The number of carbonyl (C=O) groups is 2. The molecule has 9 nitrogen and oxygen atoms in total. The van der Waals surface area contributed by atoms with Crippen molar-refractivity contribution in [3.63, 3.8) is 0 Å². The van der Waals surface area contributed by atoms with Gasteiger partial charge in [0.05, 0.1) is 35.0 Å². The van der Waals surface area contributed by atoms with Gasteiger partial charge in [-0.05, 0) is 56.7 Å². The van der Waals surface area contributed by atoms with Crippen LogP contribution in [0.4, 0.5) is 16.2 Å². The monoisotopic (exact) mass is 488 g/mol. The van der Waals surface area contributed by atoms with E-state index < -0.39 is 15.9 Å². The lowest BCUT2D eigenvalue weighted by molar-refractivity contribution is -0.117. The van der Waals surface area contributed by atoms with E-state index in [1.54, 1.807) is 22.1 Å². The molecule has 2 amide bonds. The molecule has 0 unspecified atom stereocenters. The van der Waals surface area contributed by atoms with Crippen molar-refractivity contribution >= 4 is 45.0 Å². The van der Waals surface area contributed by atoms with E-state index in [1.807, 2.05) is 19.1 Å². The average molecular weight is 489 g/mol. The maximum Gasteiger partial charge on any atom is 0.414 e. The number of allylic oxidation sites excluding steroid dienone is 1. The van der Waals surface area contributed by atoms with E-state index in [9.17, 15) is 18.0 Å². The van der Waals surface area contributed by atoms with Gasteiger partial charge in [0.25, 0.3) is 0 Å². The maximum absolute atomic E-state index is 13.0. The Morgan fingerprint density at radius 1 is 1.18 bits per heavy atom. The SMILES string of the molecule is CC(=O)N1c2ccc(/C(C=N[C@@H]3CCCS(=O)(=O)C3)=C/N)cc2N(C(=O)OC2CCC2)C[C@@H]1C. The van der Waals surface area contributed by atoms with Crippen LogP contribution in [0.5, 0.6) is 0 Å². The first-order chi connectivity index (χ1) is 16.2. The molecule has 3 aliphatic rings. The molecule has 184 valence electrons. The number of nitrogens with zero attached hydrogens (tertiary/aromatic N) is 3. The number of amides is 2. The summed E-state index contributed by atoms with van der Waals surface area (Å²) in [7, 11) is -3.07. The Labute approximate surface area is 200 Å². The van der Waals surface area contributed by atoms with E-state index in [2.05, 4.69) is 4.99 Å². The zero-order chi connectivity index (χ0) is 24.5. The van der Waals surface area contributed by atoms with Gasteiger partial charge in [-0.1, -0.05) is 6.07 Å². The molecule has 1 aromatic rings. The van der Waals surface area contributed by atoms with Crippen LogP contribution in [0.2, 0.25) is 0 Å². The van der Waals surface area contributed by atoms with Crippen molar-refractivity contribution < 1.29 is 22.7 Å². The molecule has 0 aromatic heterocycles. The molecule has 2 fully saturated rings. The fourth-order valence-electron chi connectivity index (χ4n) is 4.67. The van der Waals surface area contributed by atoms with Crippen molar-refractivity contribution in [1.82, 2.24) is 0 Å². The highest BCUT2D eigenvalue weighted by Gasteiger charge is 2.36. The number of rotatable bonds is 4. The van der Waals surface area contributed by atoms with Crippen molar-refractivity contribution in [2.24, 2.45) is 10.7 Å². The summed E-state index contributed by atoms with van der Waals surface area (Å²) in [4.78, 5) is 33.1. The third-order valence-electron chi connectivity index (χ3n) is 6.67. The summed E-state index contributed by atoms with van der Waals surface area (Å²) < 4.78 is 29.5. The van der Waals surface area contributed by atoms with Crippen LogP contribution in [0.15, 0.2) is 29.4 Å². The minimum absolute atomic E-state index is 0.0395. The van der Waals surface area contributed by atoms with Crippen LogP contribution in [0.1, 0.15) is 51.5 Å². The predicted octanol–water partition coefficient (Wildman–Crippen LogP) is 2.88. The zero-order valence-electron chi connectivity index (χ0n) is 19.6. The topological polar surface area (TPSA) is 122 Å². The highest BCUT2D eigenvalue weighted by Crippen LogP contribution is 2.38. The quantitative estimate of drug-likeness (QED) is 0.650. The molecule has 34 heavy (non-hydrogen) atoms. The highest BCUT2D eigenvalue weighted by molar-refractivity contribution is 7.91. The van der Waals surface area contributed by atoms with Gasteiger partial charge in [-0.15, -0.1) is 0 Å². The van der Waals surface area contributed by atoms with Crippen LogP contribution in [0.25, 0.3) is 5.57 Å². The Kier molecular flexibility index (Phi) is 6.97. The number of anilines is 2. The summed E-state index contributed by atoms with van der Waals surface area (Å²) in [6.45, 7) is 3.72. The van der Waals surface area contributed by atoms with Crippen LogP contribution in [-0.4, -0.2) is 62.9 Å². The van der Waals surface area contributed by atoms with Gasteiger partial charge in [0, 0.05) is 31.5 Å². The summed E-state index contributed by atoms with van der Waals surface area (Å²) in [6, 6.07) is 4.93. The minimum atomic E-state index is -3.07. The second kappa shape index (κ2) is 9.77. The van der Waals surface area contributed by atoms with Gasteiger partial charge in [-0.2, -0.15) is 0 Å². The Hall–Kier alpha value is -2.88. The lowest BCUT2D eigenvalue weighted by Gasteiger charge is -2.41. The molecule has 0 spiro atoms. The first kappa shape index (κ1) is 24.3. The van der Waals surface area contributed by atoms with Gasteiger partial charge >= 0.3 is 6.09 Å². The van der Waals surface area contributed by atoms with Crippen LogP contribution < -0.4 is 15.5 Å². The summed E-state index contributed by atoms with van der Waals surface area (Å²) >= 11 is 0. The Bertz CT molecular complexity index is 1130. The van der Waals surface area contributed by atoms with Gasteiger partial charge in [-0.3, -0.25) is 14.7 Å². The van der Waals surface area contributed by atoms with Gasteiger partial charge in [0.15, 0.2) is 9.84 Å². The van der Waals surface area contributed by atoms with Crippen LogP contribution >= 0.6 is 0 Å². The van der Waals surface area contributed by atoms with Crippen molar-refractivity contribution in [2.75, 3.05) is 27.9 Å². The number of fused-ring (bicyclic) bond motifs is 1. The summed E-state index contributed by atoms with van der Waals surface area (Å²) in [5, 5.41) is 0. The van der Waals surface area contributed by atoms with Gasteiger partial charge in [0.1, 0.15) is 6.10 Å². The van der Waals surface area contributed by atoms with E-state index in [0.717, 1.165) is 19.3 Å². The largest absolute Gasteiger partial charge is 0.446 e. The standard InChI is InChI=1S/C24H32N4O5S/c1-16-14-27(24(30)33-21-6-3-7-21)23-11-18(8-9-22(23)28(16)17(2)29)19(12-25)13-26-20-5-4-10-34(31,32)15-20/h8-9,11-13,16,20-21H,3-7,10,14-15,25H2,1-2H3/b19-12+,26-13?/t16-,20+/m0/s1. The molecular weight excluding hydrogens is 456 g/mol. The molecule has 2 atom stereocenters. The van der Waals surface area contributed by atoms with Crippen LogP contribution in [-0.2, 0) is 19.4 Å². The lowest BCUT2D eigenvalue weighted by Crippen LogP contribution is -2.52. The minimum Gasteiger partial charge on any atom is -0.446 e. The number of hydrogen-bond acceptors (Lipinski definition) is 7. The van der Waals surface area contributed by atoms with E-state index >= 15 is 0 Å². The van der Waals surface area contributed by atoms with Crippen molar-refractivity contribution in [3.8, 4) is 0 Å². The first-order valence-corrected chi connectivity index (χ1v) is 13.6. The van der Waals surface area contributed by atoms with Crippen molar-refractivity contribution in [3.05, 3.63) is 30.0 Å². The molecule has 10 heteroatoms. The molecular formula is C24H32N4O5S. The van der Waals surface area contributed by atoms with Gasteiger partial charge < -0.3 is 15.4 Å². The predicted molar refractivity (Wildman–Crippen MR) is 133 cm³/mol. The van der Waals surface area contributed by atoms with E-state index in [0.29, 0.717) is 41.9 Å². The number of aliphatic imine (C=N–C) groups is 1. The second-order valence-corrected chi connectivity index (χ2v) is 11.5. The molecule has 1 saturated heterocycles. The maximum atomic E-state index is 13.0. The summed E-state index contributed by atoms with van der Waals surface area (Å²) in [6.07, 6.45) is 6.64. The van der Waals surface area contributed by atoms with Crippen LogP contribution in [0.3, 0.4) is 0 Å². The Morgan fingerprint density at radius 3 is 2.56 bits per heavy atom. The van der Waals surface area contributed by atoms with Gasteiger partial charge in [0.2, 0.25) is 5.91 Å². The zero-order valence-corrected chi connectivity index (χ0v) is 20.5. The van der Waals surface area contributed by atoms with E-state index in [4.69, 9.17) is 10.5 Å². The Morgan fingerprint density at radius 2 is 1.94 bits per heavy atom. The fraction of sp³-hybridized carbons (Fsp3) is 0.542. The molecule has 1 saturated carbocycles. The Balaban J connectivity index is 1.64. The molecule has 2 aliphatic heterocycles. The molecule has 4 rings (SSSR count). The molecule has 0 radical (unpaired) electrons. The molecule has 1 aromatic carbocycles. The summed E-state index contributed by atoms with van der Waals surface area (Å²) in [5.41, 5.74) is 8.41. The third-order valence-corrected chi connectivity index (χ3v) is 8.47. The number of nitrogens with two attached hydrogens (primary N) is 1. The molecule has 2 heterocycles. The van der Waals surface area contributed by atoms with Gasteiger partial charge in [-0.25, -0.2) is 13.2 Å². The molecule has 0 bridgehead atoms.